The lowest BCUT2D eigenvalue weighted by molar-refractivity contribution is 0.672. The van der Waals surface area contributed by atoms with Crippen LogP contribution in [-0.2, 0) is 0 Å². The Morgan fingerprint density at radius 3 is 1.28 bits per heavy atom. The van der Waals surface area contributed by atoms with E-state index in [0.717, 1.165) is 115 Å². The molecular weight excluding hydrogens is 847 g/mol. The van der Waals surface area contributed by atoms with Crippen LogP contribution < -0.4 is 0 Å². The predicted octanol–water partition coefficient (Wildman–Crippen LogP) is 16.9. The van der Waals surface area contributed by atoms with Crippen molar-refractivity contribution < 1.29 is 8.83 Å². The lowest BCUT2D eigenvalue weighted by atomic mass is 9.93. The van der Waals surface area contributed by atoms with Gasteiger partial charge in [-0.2, -0.15) is 5.26 Å². The minimum atomic E-state index is 0.353. The monoisotopic (exact) mass is 879 g/mol. The fourth-order valence-electron chi connectivity index (χ4n) is 11.6. The van der Waals surface area contributed by atoms with Gasteiger partial charge in [0.1, 0.15) is 28.4 Å². The van der Waals surface area contributed by atoms with E-state index in [1.165, 1.54) is 0 Å². The SMILES string of the molecule is [C-]#[N+]c1c(-c2ccccc2)c(C#N)c(-n2c3ccccc3c3c4oc5ccccc5c4ccc32)c(-n2c3ccccc3c3ccccc32)c1-n1c2ccccc2c2c3oc4ccccc4c3ccc21. The van der Waals surface area contributed by atoms with Crippen LogP contribution in [-0.4, -0.2) is 13.7 Å². The van der Waals surface area contributed by atoms with Gasteiger partial charge in [0.25, 0.3) is 0 Å². The van der Waals surface area contributed by atoms with Crippen LogP contribution in [0.1, 0.15) is 5.56 Å². The second-order valence-electron chi connectivity index (χ2n) is 17.7. The number of fused-ring (bicyclic) bond motifs is 17. The van der Waals surface area contributed by atoms with Crippen LogP contribution in [0.2, 0.25) is 0 Å². The Balaban J connectivity index is 1.25. The zero-order valence-electron chi connectivity index (χ0n) is 36.6. The van der Waals surface area contributed by atoms with Crippen molar-refractivity contribution in [2.24, 2.45) is 0 Å². The minimum Gasteiger partial charge on any atom is -0.455 e. The predicted molar refractivity (Wildman–Crippen MR) is 280 cm³/mol. The molecule has 0 spiro atoms. The average Bonchev–Trinajstić information content (AvgIpc) is 4.22. The highest BCUT2D eigenvalue weighted by molar-refractivity contribution is 6.26. The summed E-state index contributed by atoms with van der Waals surface area (Å²) in [4.78, 5) is 4.58. The molecule has 0 atom stereocenters. The quantitative estimate of drug-likeness (QED) is 0.165. The summed E-state index contributed by atoms with van der Waals surface area (Å²) in [5.41, 5.74) is 12.6. The number of para-hydroxylation sites is 6. The molecule has 0 unspecified atom stereocenters. The Kier molecular flexibility index (Phi) is 7.51. The van der Waals surface area contributed by atoms with E-state index in [4.69, 9.17) is 8.83 Å². The molecule has 7 nitrogen and oxygen atoms in total. The van der Waals surface area contributed by atoms with Crippen LogP contribution in [0.5, 0.6) is 0 Å². The number of rotatable bonds is 4. The van der Waals surface area contributed by atoms with Gasteiger partial charge in [-0.1, -0.05) is 140 Å². The third-order valence-electron chi connectivity index (χ3n) is 14.3. The summed E-state index contributed by atoms with van der Waals surface area (Å²) in [6.07, 6.45) is 0. The number of hydrogen-bond acceptors (Lipinski definition) is 3. The Morgan fingerprint density at radius 1 is 0.377 bits per heavy atom. The molecule has 0 fully saturated rings. The Hall–Kier alpha value is -9.82. The first-order chi connectivity index (χ1) is 34.2. The van der Waals surface area contributed by atoms with Crippen molar-refractivity contribution in [2.75, 3.05) is 0 Å². The molecule has 5 aromatic heterocycles. The van der Waals surface area contributed by atoms with E-state index in [2.05, 4.69) is 158 Å². The van der Waals surface area contributed by atoms with Crippen molar-refractivity contribution in [3.63, 3.8) is 0 Å². The molecule has 0 aliphatic carbocycles. The lowest BCUT2D eigenvalue weighted by Crippen LogP contribution is -2.13. The molecule has 10 aromatic carbocycles. The molecule has 0 bridgehead atoms. The van der Waals surface area contributed by atoms with Gasteiger partial charge in [0.15, 0.2) is 0 Å². The maximum atomic E-state index is 12.1. The van der Waals surface area contributed by atoms with Gasteiger partial charge < -0.3 is 22.5 Å². The molecule has 0 amide bonds. The van der Waals surface area contributed by atoms with Gasteiger partial charge >= 0.3 is 0 Å². The number of nitrogens with zero attached hydrogens (tertiary/aromatic N) is 5. The Bertz CT molecular complexity index is 4530. The van der Waals surface area contributed by atoms with E-state index < -0.39 is 0 Å². The van der Waals surface area contributed by atoms with Crippen LogP contribution in [0, 0.1) is 17.9 Å². The summed E-state index contributed by atoms with van der Waals surface area (Å²) >= 11 is 0. The molecule has 318 valence electrons. The Morgan fingerprint density at radius 2 is 0.783 bits per heavy atom. The van der Waals surface area contributed by atoms with Crippen LogP contribution in [0.4, 0.5) is 5.69 Å². The van der Waals surface area contributed by atoms with Crippen molar-refractivity contribution in [2.45, 2.75) is 0 Å². The maximum Gasteiger partial charge on any atom is 0.221 e. The van der Waals surface area contributed by atoms with Gasteiger partial charge in [-0.25, -0.2) is 4.85 Å². The number of benzene rings is 10. The van der Waals surface area contributed by atoms with Crippen molar-refractivity contribution in [3.8, 4) is 34.3 Å². The Labute approximate surface area is 392 Å². The maximum absolute atomic E-state index is 12.1. The second-order valence-corrected chi connectivity index (χ2v) is 17.7. The zero-order chi connectivity index (χ0) is 45.5. The van der Waals surface area contributed by atoms with E-state index in [1.54, 1.807) is 0 Å². The smallest absolute Gasteiger partial charge is 0.221 e. The van der Waals surface area contributed by atoms with Crippen LogP contribution >= 0.6 is 0 Å². The third kappa shape index (κ3) is 4.87. The highest BCUT2D eigenvalue weighted by atomic mass is 16.3. The molecule has 0 saturated carbocycles. The second kappa shape index (κ2) is 13.9. The largest absolute Gasteiger partial charge is 0.455 e. The lowest BCUT2D eigenvalue weighted by Gasteiger charge is -2.26. The summed E-state index contributed by atoms with van der Waals surface area (Å²) in [6, 6.07) is 71.3. The van der Waals surface area contributed by atoms with Gasteiger partial charge in [-0.3, -0.25) is 0 Å². The third-order valence-corrected chi connectivity index (χ3v) is 14.3. The summed E-state index contributed by atoms with van der Waals surface area (Å²) < 4.78 is 20.5. The average molecular weight is 880 g/mol. The van der Waals surface area contributed by atoms with E-state index in [-0.39, 0.29) is 0 Å². The molecule has 5 heterocycles. The van der Waals surface area contributed by atoms with Crippen molar-refractivity contribution in [3.05, 3.63) is 217 Å². The summed E-state index contributed by atoms with van der Waals surface area (Å²) in [6.45, 7) is 9.42. The van der Waals surface area contributed by atoms with Crippen molar-refractivity contribution >= 4 is 115 Å². The van der Waals surface area contributed by atoms with Gasteiger partial charge in [0, 0.05) is 48.7 Å². The molecule has 15 rings (SSSR count). The number of nitriles is 1. The van der Waals surface area contributed by atoms with E-state index in [1.807, 2.05) is 66.7 Å². The topological polar surface area (TPSA) is 69.2 Å². The highest BCUT2D eigenvalue weighted by Gasteiger charge is 2.34. The van der Waals surface area contributed by atoms with Gasteiger partial charge in [0.05, 0.1) is 73.1 Å². The highest BCUT2D eigenvalue weighted by Crippen LogP contribution is 2.53. The first kappa shape index (κ1) is 37.4. The minimum absolute atomic E-state index is 0.353. The van der Waals surface area contributed by atoms with Crippen LogP contribution in [0.3, 0.4) is 0 Å². The van der Waals surface area contributed by atoms with Gasteiger partial charge in [0.2, 0.25) is 5.69 Å². The molecule has 0 aliphatic heterocycles. The first-order valence-corrected chi connectivity index (χ1v) is 22.9. The fraction of sp³-hybridized carbons (Fsp3) is 0. The number of hydrogen-bond donors (Lipinski definition) is 0. The summed E-state index contributed by atoms with van der Waals surface area (Å²) in [5, 5.41) is 22.1. The fourth-order valence-corrected chi connectivity index (χ4v) is 11.6. The molecular formula is C62H33N5O2. The zero-order valence-corrected chi connectivity index (χ0v) is 36.6. The molecule has 0 radical (unpaired) electrons. The van der Waals surface area contributed by atoms with Crippen LogP contribution in [0.25, 0.3) is 142 Å². The molecule has 7 heteroatoms. The summed E-state index contributed by atoms with van der Waals surface area (Å²) in [7, 11) is 0. The van der Waals surface area contributed by atoms with E-state index >= 15 is 0 Å². The number of furan rings is 2. The van der Waals surface area contributed by atoms with E-state index in [0.29, 0.717) is 33.9 Å². The van der Waals surface area contributed by atoms with Crippen molar-refractivity contribution in [1.82, 2.24) is 13.7 Å². The molecule has 69 heavy (non-hydrogen) atoms. The normalized spacial score (nSPS) is 12.0. The molecule has 15 aromatic rings. The number of aromatic nitrogens is 3. The first-order valence-electron chi connectivity index (χ1n) is 22.9. The molecule has 0 aliphatic rings. The van der Waals surface area contributed by atoms with Crippen molar-refractivity contribution in [1.29, 1.82) is 5.26 Å². The standard InChI is InChI=1S/C62H33N5O2/c1-64-57-54(36-17-3-2-4-18-36)45(35-63)58(66-48-27-13-7-23-43(48)55-50(66)33-31-41-39-21-9-15-29-52(39)68-61(41)55)60(65-46-25-11-5-19-37(46)38-20-6-12-26-47(38)65)59(57)67-49-28-14-8-24-44(49)56-51(67)34-32-42-40-22-10-16-30-53(40)69-62(42)56/h2-34H. The molecule has 0 N–H and O–H groups in total. The summed E-state index contributed by atoms with van der Waals surface area (Å²) in [5.74, 6) is 0. The van der Waals surface area contributed by atoms with E-state index in [9.17, 15) is 11.8 Å². The van der Waals surface area contributed by atoms with Gasteiger partial charge in [-0.15, -0.1) is 0 Å². The van der Waals surface area contributed by atoms with Crippen LogP contribution in [0.15, 0.2) is 209 Å². The van der Waals surface area contributed by atoms with Gasteiger partial charge in [-0.05, 0) is 66.2 Å². The molecule has 0 saturated heterocycles.